The molecule has 1 atom stereocenters. The van der Waals surface area contributed by atoms with E-state index in [-0.39, 0.29) is 24.0 Å². The Bertz CT molecular complexity index is 450. The van der Waals surface area contributed by atoms with E-state index in [1.807, 2.05) is 24.9 Å². The van der Waals surface area contributed by atoms with Crippen molar-refractivity contribution < 1.29 is 0 Å². The highest BCUT2D eigenvalue weighted by atomic mass is 127. The molecule has 21 heavy (non-hydrogen) atoms. The van der Waals surface area contributed by atoms with Gasteiger partial charge in [-0.25, -0.2) is 0 Å². The fraction of sp³-hybridized carbons (Fsp3) is 0.438. The zero-order chi connectivity index (χ0) is 14.2. The van der Waals surface area contributed by atoms with Crippen molar-refractivity contribution in [3.8, 4) is 0 Å². The van der Waals surface area contributed by atoms with Crippen molar-refractivity contribution >= 4 is 41.7 Å². The Labute approximate surface area is 149 Å². The summed E-state index contributed by atoms with van der Waals surface area (Å²) in [6, 6.07) is 10.6. The molecular weight excluding hydrogens is 393 g/mol. The second-order valence-electron chi connectivity index (χ2n) is 4.94. The quantitative estimate of drug-likeness (QED) is 0.261. The van der Waals surface area contributed by atoms with Gasteiger partial charge in [0.2, 0.25) is 0 Å². The van der Waals surface area contributed by atoms with Crippen LogP contribution in [0.2, 0.25) is 0 Å². The van der Waals surface area contributed by atoms with Gasteiger partial charge < -0.3 is 10.2 Å². The van der Waals surface area contributed by atoms with Crippen molar-refractivity contribution in [3.05, 3.63) is 43.0 Å². The minimum atomic E-state index is 0. The first kappa shape index (κ1) is 18.4. The van der Waals surface area contributed by atoms with E-state index in [1.165, 1.54) is 17.1 Å². The molecule has 0 amide bonds. The number of nitrogens with zero attached hydrogens (tertiary/aromatic N) is 2. The van der Waals surface area contributed by atoms with Crippen molar-refractivity contribution in [1.29, 1.82) is 0 Å². The number of halogens is 1. The van der Waals surface area contributed by atoms with Gasteiger partial charge in [-0.2, -0.15) is 0 Å². The number of hydrogen-bond donors (Lipinski definition) is 1. The van der Waals surface area contributed by atoms with Gasteiger partial charge in [-0.1, -0.05) is 24.3 Å². The lowest BCUT2D eigenvalue weighted by atomic mass is 10.2. The summed E-state index contributed by atoms with van der Waals surface area (Å²) in [4.78, 5) is 8.05. The zero-order valence-electron chi connectivity index (χ0n) is 12.5. The van der Waals surface area contributed by atoms with Crippen LogP contribution in [0, 0.1) is 5.92 Å². The van der Waals surface area contributed by atoms with E-state index >= 15 is 0 Å². The fourth-order valence-corrected chi connectivity index (χ4v) is 3.44. The van der Waals surface area contributed by atoms with E-state index < -0.39 is 0 Å². The molecule has 1 aromatic carbocycles. The number of hydrogen-bond acceptors (Lipinski definition) is 2. The van der Waals surface area contributed by atoms with Crippen LogP contribution in [0.3, 0.4) is 0 Å². The Balaban J connectivity index is 0.00000220. The van der Waals surface area contributed by atoms with Crippen molar-refractivity contribution in [2.75, 3.05) is 32.4 Å². The third-order valence-corrected chi connectivity index (χ3v) is 4.67. The third-order valence-electron chi connectivity index (χ3n) is 3.43. The first-order valence-electron chi connectivity index (χ1n) is 7.08. The summed E-state index contributed by atoms with van der Waals surface area (Å²) in [5, 5.41) is 3.31. The second-order valence-corrected chi connectivity index (χ2v) is 6.03. The molecule has 1 saturated heterocycles. The van der Waals surface area contributed by atoms with E-state index in [4.69, 9.17) is 0 Å². The number of guanidine groups is 1. The highest BCUT2D eigenvalue weighted by Gasteiger charge is 2.24. The third kappa shape index (κ3) is 5.90. The summed E-state index contributed by atoms with van der Waals surface area (Å²) < 4.78 is 0. The van der Waals surface area contributed by atoms with Crippen LogP contribution in [0.1, 0.15) is 6.42 Å². The molecule has 0 spiro atoms. The van der Waals surface area contributed by atoms with E-state index in [0.717, 1.165) is 31.5 Å². The van der Waals surface area contributed by atoms with Crippen LogP contribution >= 0.6 is 35.7 Å². The lowest BCUT2D eigenvalue weighted by molar-refractivity contribution is 0.478. The molecule has 1 fully saturated rings. The lowest BCUT2D eigenvalue weighted by Crippen LogP contribution is -2.40. The summed E-state index contributed by atoms with van der Waals surface area (Å²) in [5.41, 5.74) is 0. The Hall–Kier alpha value is -0.690. The van der Waals surface area contributed by atoms with Gasteiger partial charge in [0.05, 0.1) is 0 Å². The maximum absolute atomic E-state index is 4.34. The molecule has 5 heteroatoms. The van der Waals surface area contributed by atoms with Crippen LogP contribution < -0.4 is 5.32 Å². The van der Waals surface area contributed by atoms with Crippen molar-refractivity contribution in [2.24, 2.45) is 10.9 Å². The van der Waals surface area contributed by atoms with E-state index in [0.29, 0.717) is 0 Å². The molecule has 2 rings (SSSR count). The predicted octanol–water partition coefficient (Wildman–Crippen LogP) is 3.48. The molecule has 1 aromatic rings. The standard InChI is InChI=1S/C16H23N3S.HI/c1-3-10-18-16(17-2)19-11-9-14(12-19)13-20-15-7-5-4-6-8-15;/h3-8,14H,1,9-13H2,2H3,(H,17,18);1H. The smallest absolute Gasteiger partial charge is 0.193 e. The molecule has 0 saturated carbocycles. The maximum Gasteiger partial charge on any atom is 0.193 e. The van der Waals surface area contributed by atoms with Gasteiger partial charge in [-0.15, -0.1) is 42.3 Å². The monoisotopic (exact) mass is 417 g/mol. The van der Waals surface area contributed by atoms with E-state index in [9.17, 15) is 0 Å². The molecule has 0 aliphatic carbocycles. The second kappa shape index (κ2) is 10.1. The molecule has 1 N–H and O–H groups in total. The highest BCUT2D eigenvalue weighted by Crippen LogP contribution is 2.25. The summed E-state index contributed by atoms with van der Waals surface area (Å²) in [5.74, 6) is 2.92. The number of aliphatic imine (C=N–C) groups is 1. The van der Waals surface area contributed by atoms with Crippen LogP contribution in [-0.4, -0.2) is 43.3 Å². The summed E-state index contributed by atoms with van der Waals surface area (Å²) in [6.07, 6.45) is 3.11. The lowest BCUT2D eigenvalue weighted by Gasteiger charge is -2.21. The van der Waals surface area contributed by atoms with Crippen LogP contribution in [0.4, 0.5) is 0 Å². The van der Waals surface area contributed by atoms with Crippen molar-refractivity contribution in [2.45, 2.75) is 11.3 Å². The van der Waals surface area contributed by atoms with Gasteiger partial charge in [-0.3, -0.25) is 4.99 Å². The number of thioether (sulfide) groups is 1. The molecule has 3 nitrogen and oxygen atoms in total. The van der Waals surface area contributed by atoms with Crippen molar-refractivity contribution in [1.82, 2.24) is 10.2 Å². The Morgan fingerprint density at radius 2 is 2.24 bits per heavy atom. The summed E-state index contributed by atoms with van der Waals surface area (Å²) in [6.45, 7) is 6.69. The molecular formula is C16H24IN3S. The number of nitrogens with one attached hydrogen (secondary N) is 1. The predicted molar refractivity (Wildman–Crippen MR) is 104 cm³/mol. The average molecular weight is 417 g/mol. The molecule has 1 aliphatic rings. The Kier molecular flexibility index (Phi) is 8.84. The summed E-state index contributed by atoms with van der Waals surface area (Å²) in [7, 11) is 1.84. The molecule has 1 unspecified atom stereocenters. The average Bonchev–Trinajstić information content (AvgIpc) is 2.96. The van der Waals surface area contributed by atoms with Gasteiger partial charge >= 0.3 is 0 Å². The van der Waals surface area contributed by atoms with Crippen LogP contribution in [0.25, 0.3) is 0 Å². The van der Waals surface area contributed by atoms with E-state index in [2.05, 4.69) is 52.1 Å². The number of likely N-dealkylation sites (tertiary alicyclic amines) is 1. The minimum Gasteiger partial charge on any atom is -0.353 e. The molecule has 0 aromatic heterocycles. The minimum absolute atomic E-state index is 0. The first-order chi connectivity index (χ1) is 9.83. The fourth-order valence-electron chi connectivity index (χ4n) is 2.39. The van der Waals surface area contributed by atoms with Gasteiger partial charge in [0.1, 0.15) is 0 Å². The van der Waals surface area contributed by atoms with Crippen LogP contribution in [-0.2, 0) is 0 Å². The Morgan fingerprint density at radius 3 is 2.90 bits per heavy atom. The Morgan fingerprint density at radius 1 is 1.48 bits per heavy atom. The molecule has 1 heterocycles. The van der Waals surface area contributed by atoms with Crippen molar-refractivity contribution in [3.63, 3.8) is 0 Å². The van der Waals surface area contributed by atoms with E-state index in [1.54, 1.807) is 0 Å². The zero-order valence-corrected chi connectivity index (χ0v) is 15.6. The highest BCUT2D eigenvalue weighted by molar-refractivity contribution is 14.0. The molecule has 0 bridgehead atoms. The largest absolute Gasteiger partial charge is 0.353 e. The maximum atomic E-state index is 4.34. The topological polar surface area (TPSA) is 27.6 Å². The van der Waals surface area contributed by atoms with Gasteiger partial charge in [0.15, 0.2) is 5.96 Å². The normalized spacial score (nSPS) is 18.2. The number of benzene rings is 1. The molecule has 116 valence electrons. The first-order valence-corrected chi connectivity index (χ1v) is 8.06. The van der Waals surface area contributed by atoms with Crippen LogP contribution in [0.15, 0.2) is 52.9 Å². The van der Waals surface area contributed by atoms with Gasteiger partial charge in [-0.05, 0) is 24.5 Å². The van der Waals surface area contributed by atoms with Gasteiger partial charge in [0.25, 0.3) is 0 Å². The molecule has 1 aliphatic heterocycles. The van der Waals surface area contributed by atoms with Gasteiger partial charge in [0, 0.05) is 37.3 Å². The number of rotatable bonds is 5. The molecule has 0 radical (unpaired) electrons. The summed E-state index contributed by atoms with van der Waals surface area (Å²) >= 11 is 1.95. The van der Waals surface area contributed by atoms with Crippen LogP contribution in [0.5, 0.6) is 0 Å². The SMILES string of the molecule is C=CCNC(=NC)N1CCC(CSc2ccccc2)C1.I.